The van der Waals surface area contributed by atoms with Crippen molar-refractivity contribution in [3.05, 3.63) is 34.4 Å². The summed E-state index contributed by atoms with van der Waals surface area (Å²) >= 11 is 1.31. The van der Waals surface area contributed by atoms with E-state index in [2.05, 4.69) is 4.40 Å². The molecule has 0 radical (unpaired) electrons. The lowest BCUT2D eigenvalue weighted by molar-refractivity contribution is -0.384. The van der Waals surface area contributed by atoms with Gasteiger partial charge in [0.05, 0.1) is 4.92 Å². The first kappa shape index (κ1) is 10.7. The van der Waals surface area contributed by atoms with Gasteiger partial charge in [0.1, 0.15) is 0 Å². The molecule has 0 heterocycles. The Labute approximate surface area is 86.3 Å². The third kappa shape index (κ3) is 3.18. The van der Waals surface area contributed by atoms with Gasteiger partial charge in [0.2, 0.25) is 0 Å². The van der Waals surface area contributed by atoms with Crippen LogP contribution < -0.4 is 0 Å². The van der Waals surface area contributed by atoms with Gasteiger partial charge in [-0.25, -0.2) is 4.40 Å². The van der Waals surface area contributed by atoms with Crippen molar-refractivity contribution >= 4 is 23.3 Å². The summed E-state index contributed by atoms with van der Waals surface area (Å²) in [6.07, 6.45) is 0. The second-order valence-electron chi connectivity index (χ2n) is 2.88. The molecule has 1 rings (SSSR count). The van der Waals surface area contributed by atoms with Gasteiger partial charge in [-0.3, -0.25) is 10.1 Å². The molecule has 0 aliphatic carbocycles. The normalized spacial score (nSPS) is 9.57. The first-order valence-corrected chi connectivity index (χ1v) is 4.79. The van der Waals surface area contributed by atoms with Crippen LogP contribution in [0.5, 0.6) is 0 Å². The molecule has 0 spiro atoms. The molecular weight excluding hydrogens is 200 g/mol. The van der Waals surface area contributed by atoms with Crippen molar-refractivity contribution in [1.29, 1.82) is 0 Å². The zero-order chi connectivity index (χ0) is 10.6. The maximum absolute atomic E-state index is 10.3. The Balaban J connectivity index is 2.74. The highest BCUT2D eigenvalue weighted by Gasteiger charge is 2.03. The third-order valence-corrected chi connectivity index (χ3v) is 2.32. The van der Waals surface area contributed by atoms with E-state index in [1.165, 1.54) is 24.1 Å². The first-order valence-electron chi connectivity index (χ1n) is 4.02. The summed E-state index contributed by atoms with van der Waals surface area (Å²) in [5.74, 6) is 0. The van der Waals surface area contributed by atoms with E-state index in [0.717, 1.165) is 10.6 Å². The monoisotopic (exact) mass is 210 g/mol. The largest absolute Gasteiger partial charge is 0.269 e. The van der Waals surface area contributed by atoms with Crippen molar-refractivity contribution in [1.82, 2.24) is 0 Å². The fourth-order valence-corrected chi connectivity index (χ4v) is 1.32. The van der Waals surface area contributed by atoms with Crippen molar-refractivity contribution in [3.63, 3.8) is 0 Å². The predicted molar refractivity (Wildman–Crippen MR) is 57.7 cm³/mol. The summed E-state index contributed by atoms with van der Waals surface area (Å²) in [6.45, 7) is 3.80. The van der Waals surface area contributed by atoms with Gasteiger partial charge in [0, 0.05) is 34.7 Å². The maximum Gasteiger partial charge on any atom is 0.269 e. The molecular formula is C9H10N2O2S. The highest BCUT2D eigenvalue weighted by Crippen LogP contribution is 2.22. The van der Waals surface area contributed by atoms with Crippen LogP contribution in [0.4, 0.5) is 5.69 Å². The van der Waals surface area contributed by atoms with Gasteiger partial charge >= 0.3 is 0 Å². The Morgan fingerprint density at radius 3 is 2.36 bits per heavy atom. The minimum absolute atomic E-state index is 0.103. The molecule has 5 heteroatoms. The van der Waals surface area contributed by atoms with E-state index in [4.69, 9.17) is 0 Å². The Hall–Kier alpha value is -1.36. The number of nitro benzene ring substituents is 1. The average Bonchev–Trinajstić information content (AvgIpc) is 2.15. The summed E-state index contributed by atoms with van der Waals surface area (Å²) in [7, 11) is 0. The Morgan fingerprint density at radius 2 is 1.93 bits per heavy atom. The lowest BCUT2D eigenvalue weighted by Crippen LogP contribution is -1.86. The molecule has 0 unspecified atom stereocenters. The number of rotatable bonds is 3. The molecule has 0 amide bonds. The SMILES string of the molecule is CC(C)=NSc1ccc([N+](=O)[O-])cc1. The van der Waals surface area contributed by atoms with Gasteiger partial charge in [-0.05, 0) is 26.0 Å². The lowest BCUT2D eigenvalue weighted by Gasteiger charge is -1.95. The quantitative estimate of drug-likeness (QED) is 0.333. The van der Waals surface area contributed by atoms with E-state index in [9.17, 15) is 10.1 Å². The van der Waals surface area contributed by atoms with Crippen molar-refractivity contribution in [3.8, 4) is 0 Å². The molecule has 0 bridgehead atoms. The fraction of sp³-hybridized carbons (Fsp3) is 0.222. The van der Waals surface area contributed by atoms with E-state index in [-0.39, 0.29) is 5.69 Å². The van der Waals surface area contributed by atoms with Gasteiger partial charge in [-0.15, -0.1) is 0 Å². The van der Waals surface area contributed by atoms with E-state index in [1.54, 1.807) is 12.1 Å². The van der Waals surface area contributed by atoms with Crippen LogP contribution in [-0.2, 0) is 0 Å². The van der Waals surface area contributed by atoms with Crippen LogP contribution in [0, 0.1) is 10.1 Å². The molecule has 0 saturated carbocycles. The van der Waals surface area contributed by atoms with Gasteiger partial charge in [0.25, 0.3) is 5.69 Å². The molecule has 0 saturated heterocycles. The minimum Gasteiger partial charge on any atom is -0.258 e. The molecule has 0 atom stereocenters. The van der Waals surface area contributed by atoms with Crippen molar-refractivity contribution in [2.45, 2.75) is 18.7 Å². The fourth-order valence-electron chi connectivity index (χ4n) is 0.773. The van der Waals surface area contributed by atoms with E-state index >= 15 is 0 Å². The smallest absolute Gasteiger partial charge is 0.258 e. The zero-order valence-electron chi connectivity index (χ0n) is 7.93. The van der Waals surface area contributed by atoms with Crippen LogP contribution >= 0.6 is 11.9 Å². The van der Waals surface area contributed by atoms with E-state index in [1.807, 2.05) is 13.8 Å². The molecule has 14 heavy (non-hydrogen) atoms. The Bertz CT molecular complexity index is 356. The molecule has 1 aromatic rings. The van der Waals surface area contributed by atoms with Crippen LogP contribution in [0.1, 0.15) is 13.8 Å². The first-order chi connectivity index (χ1) is 6.59. The van der Waals surface area contributed by atoms with Crippen LogP contribution in [0.15, 0.2) is 33.6 Å². The van der Waals surface area contributed by atoms with Crippen LogP contribution in [-0.4, -0.2) is 10.6 Å². The number of non-ortho nitro benzene ring substituents is 1. The molecule has 0 aromatic heterocycles. The Morgan fingerprint density at radius 1 is 1.36 bits per heavy atom. The number of nitro groups is 1. The highest BCUT2D eigenvalue weighted by atomic mass is 32.2. The van der Waals surface area contributed by atoms with Gasteiger partial charge in [-0.2, -0.15) is 0 Å². The van der Waals surface area contributed by atoms with Gasteiger partial charge < -0.3 is 0 Å². The lowest BCUT2D eigenvalue weighted by atomic mass is 10.3. The molecule has 0 aliphatic rings. The van der Waals surface area contributed by atoms with Gasteiger partial charge in [-0.1, -0.05) is 0 Å². The third-order valence-electron chi connectivity index (χ3n) is 1.38. The minimum atomic E-state index is -0.414. The topological polar surface area (TPSA) is 55.5 Å². The van der Waals surface area contributed by atoms with E-state index in [0.29, 0.717) is 0 Å². The summed E-state index contributed by atoms with van der Waals surface area (Å²) in [4.78, 5) is 10.8. The van der Waals surface area contributed by atoms with E-state index < -0.39 is 4.92 Å². The number of hydrogen-bond donors (Lipinski definition) is 0. The second kappa shape index (κ2) is 4.76. The molecule has 0 aliphatic heterocycles. The molecule has 4 nitrogen and oxygen atoms in total. The number of benzene rings is 1. The average molecular weight is 210 g/mol. The molecule has 1 aromatic carbocycles. The standard InChI is InChI=1S/C9H10N2O2S/c1-7(2)10-14-9-5-3-8(4-6-9)11(12)13/h3-6H,1-2H3. The molecule has 0 fully saturated rings. The number of nitrogens with zero attached hydrogens (tertiary/aromatic N) is 2. The van der Waals surface area contributed by atoms with Crippen molar-refractivity contribution in [2.24, 2.45) is 4.40 Å². The summed E-state index contributed by atoms with van der Waals surface area (Å²) in [5, 5.41) is 10.3. The van der Waals surface area contributed by atoms with Crippen LogP contribution in [0.25, 0.3) is 0 Å². The summed E-state index contributed by atoms with van der Waals surface area (Å²) < 4.78 is 4.13. The summed E-state index contributed by atoms with van der Waals surface area (Å²) in [5.41, 5.74) is 1.07. The zero-order valence-corrected chi connectivity index (χ0v) is 8.75. The second-order valence-corrected chi connectivity index (χ2v) is 3.72. The summed E-state index contributed by atoms with van der Waals surface area (Å²) in [6, 6.07) is 6.33. The van der Waals surface area contributed by atoms with Crippen LogP contribution in [0.3, 0.4) is 0 Å². The maximum atomic E-state index is 10.3. The number of hydrogen-bond acceptors (Lipinski definition) is 4. The molecule has 74 valence electrons. The van der Waals surface area contributed by atoms with Crippen LogP contribution in [0.2, 0.25) is 0 Å². The molecule has 0 N–H and O–H groups in total. The van der Waals surface area contributed by atoms with Crippen molar-refractivity contribution < 1.29 is 4.92 Å². The highest BCUT2D eigenvalue weighted by molar-refractivity contribution is 7.98. The Kier molecular flexibility index (Phi) is 3.64. The predicted octanol–water partition coefficient (Wildman–Crippen LogP) is 3.08. The van der Waals surface area contributed by atoms with Crippen molar-refractivity contribution in [2.75, 3.05) is 0 Å². The van der Waals surface area contributed by atoms with Gasteiger partial charge in [0.15, 0.2) is 0 Å².